The minimum atomic E-state index is -0.443. The van der Waals surface area contributed by atoms with Crippen molar-refractivity contribution in [1.82, 2.24) is 0 Å². The molecule has 3 aromatic rings. The molecule has 1 amide bonds. The first-order valence-corrected chi connectivity index (χ1v) is 11.6. The van der Waals surface area contributed by atoms with Gasteiger partial charge in [-0.3, -0.25) is 4.79 Å². The smallest absolute Gasteiger partial charge is 0.236 e. The molecule has 1 aliphatic heterocycles. The van der Waals surface area contributed by atoms with E-state index < -0.39 is 5.92 Å². The number of anilines is 1. The highest BCUT2D eigenvalue weighted by molar-refractivity contribution is 9.10. The van der Waals surface area contributed by atoms with E-state index in [0.717, 1.165) is 43.7 Å². The van der Waals surface area contributed by atoms with Crippen LogP contribution in [0.5, 0.6) is 5.75 Å². The number of nitrogens with one attached hydrogen (secondary N) is 1. The lowest BCUT2D eigenvalue weighted by molar-refractivity contribution is -0.116. The Bertz CT molecular complexity index is 1090. The van der Waals surface area contributed by atoms with E-state index in [1.165, 1.54) is 0 Å². The lowest BCUT2D eigenvalue weighted by Gasteiger charge is -2.24. The molecule has 1 aliphatic rings. The number of para-hydroxylation sites is 1. The molecule has 0 radical (unpaired) electrons. The van der Waals surface area contributed by atoms with Gasteiger partial charge in [0, 0.05) is 15.7 Å². The van der Waals surface area contributed by atoms with E-state index in [-0.39, 0.29) is 5.91 Å². The van der Waals surface area contributed by atoms with Crippen LogP contribution < -0.4 is 10.1 Å². The largest absolute Gasteiger partial charge is 0.489 e. The third kappa shape index (κ3) is 4.27. The number of ether oxygens (including phenoxy) is 1. The first-order valence-electron chi connectivity index (χ1n) is 10.8. The van der Waals surface area contributed by atoms with Crippen LogP contribution in [0.25, 0.3) is 0 Å². The number of halogens is 1. The summed E-state index contributed by atoms with van der Waals surface area (Å²) in [6, 6.07) is 20.3. The van der Waals surface area contributed by atoms with Crippen LogP contribution in [0.2, 0.25) is 0 Å². The summed E-state index contributed by atoms with van der Waals surface area (Å²) in [5.41, 5.74) is 6.19. The van der Waals surface area contributed by atoms with Gasteiger partial charge in [-0.25, -0.2) is 0 Å². The molecule has 0 saturated heterocycles. The summed E-state index contributed by atoms with van der Waals surface area (Å²) in [6.07, 6.45) is 0. The van der Waals surface area contributed by atoms with Crippen LogP contribution in [0.1, 0.15) is 73.3 Å². The van der Waals surface area contributed by atoms with Gasteiger partial charge >= 0.3 is 0 Å². The zero-order valence-electron chi connectivity index (χ0n) is 18.4. The summed E-state index contributed by atoms with van der Waals surface area (Å²) in [5.74, 6) is 0.884. The molecule has 0 aliphatic carbocycles. The maximum absolute atomic E-state index is 13.9. The second-order valence-corrected chi connectivity index (χ2v) is 9.63. The predicted molar refractivity (Wildman–Crippen MR) is 130 cm³/mol. The van der Waals surface area contributed by atoms with Crippen molar-refractivity contribution >= 4 is 27.5 Å². The number of hydrogen-bond acceptors (Lipinski definition) is 2. The van der Waals surface area contributed by atoms with Crippen molar-refractivity contribution in [3.05, 3.63) is 93.0 Å². The first-order chi connectivity index (χ1) is 14.9. The number of amides is 1. The van der Waals surface area contributed by atoms with Gasteiger partial charge in [-0.15, -0.1) is 0 Å². The molecule has 1 N–H and O–H groups in total. The Hall–Kier alpha value is -2.59. The summed E-state index contributed by atoms with van der Waals surface area (Å²) < 4.78 is 7.03. The molecule has 31 heavy (non-hydrogen) atoms. The molecule has 0 spiro atoms. The molecule has 1 atom stereocenters. The van der Waals surface area contributed by atoms with Gasteiger partial charge in [0.2, 0.25) is 5.91 Å². The van der Waals surface area contributed by atoms with Crippen molar-refractivity contribution in [2.45, 2.75) is 52.1 Å². The molecule has 1 heterocycles. The number of rotatable bonds is 4. The number of benzene rings is 3. The van der Waals surface area contributed by atoms with E-state index in [1.807, 2.05) is 42.5 Å². The molecule has 0 aromatic heterocycles. The van der Waals surface area contributed by atoms with Crippen molar-refractivity contribution in [2.75, 3.05) is 5.32 Å². The monoisotopic (exact) mass is 477 g/mol. The Morgan fingerprint density at radius 2 is 1.61 bits per heavy atom. The molecular formula is C27H28BrNO2. The lowest BCUT2D eigenvalue weighted by Crippen LogP contribution is -2.24. The minimum Gasteiger partial charge on any atom is -0.489 e. The van der Waals surface area contributed by atoms with Gasteiger partial charge in [0.05, 0.1) is 5.92 Å². The molecular weight excluding hydrogens is 450 g/mol. The third-order valence-electron chi connectivity index (χ3n) is 5.92. The maximum Gasteiger partial charge on any atom is 0.236 e. The van der Waals surface area contributed by atoms with Crippen molar-refractivity contribution < 1.29 is 9.53 Å². The van der Waals surface area contributed by atoms with Gasteiger partial charge in [0.1, 0.15) is 12.4 Å². The lowest BCUT2D eigenvalue weighted by atomic mass is 9.87. The van der Waals surface area contributed by atoms with E-state index in [9.17, 15) is 4.79 Å². The van der Waals surface area contributed by atoms with Gasteiger partial charge in [-0.05, 0) is 46.2 Å². The number of carbonyl (C=O) groups is 1. The molecule has 0 saturated carbocycles. The average Bonchev–Trinajstić information content (AvgIpc) is 2.90. The summed E-state index contributed by atoms with van der Waals surface area (Å²) >= 11 is 3.53. The Morgan fingerprint density at radius 3 is 2.29 bits per heavy atom. The normalized spacial score (nSPS) is 15.1. The number of fused-ring (bicyclic) bond motifs is 2. The van der Waals surface area contributed by atoms with Crippen LogP contribution in [0.15, 0.2) is 65.1 Å². The molecule has 3 nitrogen and oxygen atoms in total. The van der Waals surface area contributed by atoms with Crippen LogP contribution in [-0.4, -0.2) is 5.91 Å². The van der Waals surface area contributed by atoms with Gasteiger partial charge in [0.15, 0.2) is 0 Å². The standard InChI is InChI=1S/C27H28BrNO2/c1-16(2)20-10-7-11-21(17(3)4)26(20)29-27(30)25-22-9-6-5-8-18(22)15-31-24-14-19(28)12-13-23(24)25/h5-14,16-17,25H,15H2,1-4H3,(H,29,30). The molecule has 3 aromatic carbocycles. The van der Waals surface area contributed by atoms with Gasteiger partial charge in [-0.1, -0.05) is 92.2 Å². The van der Waals surface area contributed by atoms with E-state index in [0.29, 0.717) is 18.4 Å². The fourth-order valence-corrected chi connectivity index (χ4v) is 4.66. The summed E-state index contributed by atoms with van der Waals surface area (Å²) in [7, 11) is 0. The van der Waals surface area contributed by atoms with Crippen LogP contribution in [-0.2, 0) is 11.4 Å². The first kappa shape index (κ1) is 21.6. The molecule has 4 heteroatoms. The average molecular weight is 478 g/mol. The number of carbonyl (C=O) groups excluding carboxylic acids is 1. The summed E-state index contributed by atoms with van der Waals surface area (Å²) in [6.45, 7) is 9.10. The zero-order chi connectivity index (χ0) is 22.1. The SMILES string of the molecule is CC(C)c1cccc(C(C)C)c1NC(=O)C1c2ccccc2COc2cc(Br)ccc21. The highest BCUT2D eigenvalue weighted by Gasteiger charge is 2.31. The van der Waals surface area contributed by atoms with Crippen molar-refractivity contribution in [3.63, 3.8) is 0 Å². The second kappa shape index (κ2) is 8.88. The van der Waals surface area contributed by atoms with Crippen molar-refractivity contribution in [2.24, 2.45) is 0 Å². The maximum atomic E-state index is 13.9. The molecule has 4 rings (SSSR count). The van der Waals surface area contributed by atoms with Crippen LogP contribution >= 0.6 is 15.9 Å². The Kier molecular flexibility index (Phi) is 6.19. The van der Waals surface area contributed by atoms with Crippen LogP contribution in [0, 0.1) is 0 Å². The zero-order valence-corrected chi connectivity index (χ0v) is 20.0. The van der Waals surface area contributed by atoms with E-state index in [1.54, 1.807) is 0 Å². The van der Waals surface area contributed by atoms with Crippen molar-refractivity contribution in [3.8, 4) is 5.75 Å². The van der Waals surface area contributed by atoms with Gasteiger partial charge in [-0.2, -0.15) is 0 Å². The van der Waals surface area contributed by atoms with Crippen LogP contribution in [0.4, 0.5) is 5.69 Å². The highest BCUT2D eigenvalue weighted by atomic mass is 79.9. The molecule has 1 unspecified atom stereocenters. The van der Waals surface area contributed by atoms with E-state index in [4.69, 9.17) is 4.74 Å². The molecule has 0 fully saturated rings. The quantitative estimate of drug-likeness (QED) is 0.426. The Balaban J connectivity index is 1.83. The van der Waals surface area contributed by atoms with Gasteiger partial charge < -0.3 is 10.1 Å². The fraction of sp³-hybridized carbons (Fsp3) is 0.296. The summed E-state index contributed by atoms with van der Waals surface area (Å²) in [5, 5.41) is 3.33. The van der Waals surface area contributed by atoms with Crippen LogP contribution in [0.3, 0.4) is 0 Å². The van der Waals surface area contributed by atoms with Gasteiger partial charge in [0.25, 0.3) is 0 Å². The highest BCUT2D eigenvalue weighted by Crippen LogP contribution is 2.40. The summed E-state index contributed by atoms with van der Waals surface area (Å²) in [4.78, 5) is 13.9. The molecule has 0 bridgehead atoms. The van der Waals surface area contributed by atoms with E-state index >= 15 is 0 Å². The fourth-order valence-electron chi connectivity index (χ4n) is 4.32. The third-order valence-corrected chi connectivity index (χ3v) is 6.41. The number of hydrogen-bond donors (Lipinski definition) is 1. The topological polar surface area (TPSA) is 38.3 Å². The van der Waals surface area contributed by atoms with E-state index in [2.05, 4.69) is 67.1 Å². The minimum absolute atomic E-state index is 0.0310. The van der Waals surface area contributed by atoms with Crippen molar-refractivity contribution in [1.29, 1.82) is 0 Å². The second-order valence-electron chi connectivity index (χ2n) is 8.71. The predicted octanol–water partition coefficient (Wildman–Crippen LogP) is 7.36. The Morgan fingerprint density at radius 1 is 0.935 bits per heavy atom. The molecule has 160 valence electrons. The Labute approximate surface area is 193 Å².